The lowest BCUT2D eigenvalue weighted by Gasteiger charge is -2.09. The molecule has 1 amide bonds. The van der Waals surface area contributed by atoms with Crippen molar-refractivity contribution in [3.8, 4) is 5.69 Å². The first-order chi connectivity index (χ1) is 11.7. The Kier molecular flexibility index (Phi) is 3.31. The largest absolute Gasteiger partial charge is 0.322 e. The third-order valence-corrected chi connectivity index (χ3v) is 3.64. The van der Waals surface area contributed by atoms with E-state index in [0.717, 1.165) is 0 Å². The molecule has 0 saturated heterocycles. The van der Waals surface area contributed by atoms with Crippen LogP contribution in [0.4, 0.5) is 10.1 Å². The molecule has 1 aromatic carbocycles. The van der Waals surface area contributed by atoms with E-state index in [1.807, 2.05) is 0 Å². The normalized spacial score (nSPS) is 10.9. The van der Waals surface area contributed by atoms with Gasteiger partial charge in [0.05, 0.1) is 11.3 Å². The van der Waals surface area contributed by atoms with Crippen molar-refractivity contribution in [1.82, 2.24) is 19.2 Å². The zero-order chi connectivity index (χ0) is 16.5. The van der Waals surface area contributed by atoms with Crippen molar-refractivity contribution < 1.29 is 9.18 Å². The highest BCUT2D eigenvalue weighted by Gasteiger charge is 2.10. The molecule has 3 heterocycles. The molecule has 0 radical (unpaired) electrons. The van der Waals surface area contributed by atoms with Gasteiger partial charge < -0.3 is 9.88 Å². The number of nitrogens with one attached hydrogen (secondary N) is 1. The highest BCUT2D eigenvalue weighted by molar-refractivity contribution is 6.04. The highest BCUT2D eigenvalue weighted by Crippen LogP contribution is 2.19. The predicted octanol–water partition coefficient (Wildman–Crippen LogP) is 2.91. The first-order valence-corrected chi connectivity index (χ1v) is 7.24. The molecule has 0 atom stereocenters. The van der Waals surface area contributed by atoms with Gasteiger partial charge in [-0.2, -0.15) is 0 Å². The van der Waals surface area contributed by atoms with Gasteiger partial charge in [0.1, 0.15) is 12.1 Å². The van der Waals surface area contributed by atoms with Crippen LogP contribution in [-0.4, -0.2) is 25.1 Å². The lowest BCUT2D eigenvalue weighted by molar-refractivity contribution is 0.102. The van der Waals surface area contributed by atoms with Gasteiger partial charge in [0, 0.05) is 24.3 Å². The van der Waals surface area contributed by atoms with Crippen LogP contribution in [0.3, 0.4) is 0 Å². The maximum Gasteiger partial charge on any atom is 0.257 e. The Hall–Kier alpha value is -3.48. The van der Waals surface area contributed by atoms with Crippen molar-refractivity contribution in [3.63, 3.8) is 0 Å². The van der Waals surface area contributed by atoms with E-state index in [9.17, 15) is 9.18 Å². The number of carbonyl (C=O) groups is 1. The van der Waals surface area contributed by atoms with Crippen molar-refractivity contribution in [2.75, 3.05) is 5.32 Å². The first-order valence-electron chi connectivity index (χ1n) is 7.24. The number of anilines is 1. The third-order valence-electron chi connectivity index (χ3n) is 3.64. The molecule has 0 spiro atoms. The van der Waals surface area contributed by atoms with Gasteiger partial charge in [-0.1, -0.05) is 0 Å². The van der Waals surface area contributed by atoms with Crippen LogP contribution >= 0.6 is 0 Å². The Morgan fingerprint density at radius 2 is 1.96 bits per heavy atom. The SMILES string of the molecule is O=C(Nc1ccc(F)c(-n2cccc2)c1)c1ccc2nncn2c1. The number of hydrogen-bond donors (Lipinski definition) is 1. The van der Waals surface area contributed by atoms with Gasteiger partial charge in [-0.3, -0.25) is 9.20 Å². The number of hydrogen-bond acceptors (Lipinski definition) is 3. The van der Waals surface area contributed by atoms with Crippen LogP contribution in [0.15, 0.2) is 67.4 Å². The zero-order valence-corrected chi connectivity index (χ0v) is 12.4. The second-order valence-electron chi connectivity index (χ2n) is 5.22. The molecular weight excluding hydrogens is 309 g/mol. The summed E-state index contributed by atoms with van der Waals surface area (Å²) >= 11 is 0. The van der Waals surface area contributed by atoms with Gasteiger partial charge in [0.15, 0.2) is 5.65 Å². The van der Waals surface area contributed by atoms with Crippen LogP contribution in [0, 0.1) is 5.82 Å². The predicted molar refractivity (Wildman–Crippen MR) is 86.7 cm³/mol. The number of fused-ring (bicyclic) bond motifs is 1. The minimum absolute atomic E-state index is 0.296. The molecule has 118 valence electrons. The topological polar surface area (TPSA) is 64.2 Å². The average Bonchev–Trinajstić information content (AvgIpc) is 3.27. The van der Waals surface area contributed by atoms with E-state index in [1.54, 1.807) is 57.9 Å². The molecule has 0 unspecified atom stereocenters. The summed E-state index contributed by atoms with van der Waals surface area (Å²) in [5.41, 5.74) is 1.98. The molecule has 3 aromatic heterocycles. The Balaban J connectivity index is 1.62. The van der Waals surface area contributed by atoms with E-state index < -0.39 is 0 Å². The molecule has 4 rings (SSSR count). The fraction of sp³-hybridized carbons (Fsp3) is 0. The quantitative estimate of drug-likeness (QED) is 0.631. The standard InChI is InChI=1S/C17H12FN5O/c18-14-5-4-13(9-15(14)22-7-1-2-8-22)20-17(24)12-3-6-16-21-19-11-23(16)10-12/h1-11H,(H,20,24). The van der Waals surface area contributed by atoms with Gasteiger partial charge in [0.25, 0.3) is 5.91 Å². The summed E-state index contributed by atoms with van der Waals surface area (Å²) in [4.78, 5) is 12.4. The van der Waals surface area contributed by atoms with Crippen molar-refractivity contribution in [2.45, 2.75) is 0 Å². The minimum Gasteiger partial charge on any atom is -0.322 e. The fourth-order valence-corrected chi connectivity index (χ4v) is 2.45. The van der Waals surface area contributed by atoms with Crippen LogP contribution in [0.1, 0.15) is 10.4 Å². The molecule has 24 heavy (non-hydrogen) atoms. The van der Waals surface area contributed by atoms with Gasteiger partial charge >= 0.3 is 0 Å². The number of benzene rings is 1. The molecule has 7 heteroatoms. The Morgan fingerprint density at radius 1 is 1.12 bits per heavy atom. The number of rotatable bonds is 3. The molecule has 0 aliphatic carbocycles. The van der Waals surface area contributed by atoms with Crippen LogP contribution < -0.4 is 5.32 Å². The summed E-state index contributed by atoms with van der Waals surface area (Å²) in [6, 6.07) is 11.4. The van der Waals surface area contributed by atoms with Crippen LogP contribution in [0.2, 0.25) is 0 Å². The summed E-state index contributed by atoms with van der Waals surface area (Å²) in [5.74, 6) is -0.661. The molecule has 0 fully saturated rings. The number of amides is 1. The average molecular weight is 321 g/mol. The third kappa shape index (κ3) is 2.52. The number of carbonyl (C=O) groups excluding carboxylic acids is 1. The summed E-state index contributed by atoms with van der Waals surface area (Å²) in [6.45, 7) is 0. The molecule has 0 bridgehead atoms. The lowest BCUT2D eigenvalue weighted by atomic mass is 10.2. The summed E-state index contributed by atoms with van der Waals surface area (Å²) in [5, 5.41) is 10.4. The number of pyridine rings is 1. The molecular formula is C17H12FN5O. The van der Waals surface area contributed by atoms with E-state index in [1.165, 1.54) is 18.5 Å². The Morgan fingerprint density at radius 3 is 2.79 bits per heavy atom. The summed E-state index contributed by atoms with van der Waals surface area (Å²) < 4.78 is 17.3. The van der Waals surface area contributed by atoms with Crippen molar-refractivity contribution in [2.24, 2.45) is 0 Å². The van der Waals surface area contributed by atoms with Crippen LogP contribution in [0.25, 0.3) is 11.3 Å². The summed E-state index contributed by atoms with van der Waals surface area (Å²) in [7, 11) is 0. The lowest BCUT2D eigenvalue weighted by Crippen LogP contribution is -2.13. The number of aromatic nitrogens is 4. The van der Waals surface area contributed by atoms with Crippen molar-refractivity contribution in [3.05, 3.63) is 78.8 Å². The summed E-state index contributed by atoms with van der Waals surface area (Å²) in [6.07, 6.45) is 6.64. The second kappa shape index (κ2) is 5.62. The minimum atomic E-state index is -0.366. The first kappa shape index (κ1) is 14.1. The van der Waals surface area contributed by atoms with Gasteiger partial charge in [-0.05, 0) is 42.5 Å². The van der Waals surface area contributed by atoms with Gasteiger partial charge in [-0.25, -0.2) is 4.39 Å². The van der Waals surface area contributed by atoms with E-state index in [2.05, 4.69) is 15.5 Å². The maximum absolute atomic E-state index is 14.0. The van der Waals surface area contributed by atoms with E-state index in [0.29, 0.717) is 22.6 Å². The van der Waals surface area contributed by atoms with E-state index in [4.69, 9.17) is 0 Å². The monoisotopic (exact) mass is 321 g/mol. The van der Waals surface area contributed by atoms with Crippen molar-refractivity contribution in [1.29, 1.82) is 0 Å². The smallest absolute Gasteiger partial charge is 0.257 e. The van der Waals surface area contributed by atoms with Crippen LogP contribution in [-0.2, 0) is 0 Å². The highest BCUT2D eigenvalue weighted by atomic mass is 19.1. The van der Waals surface area contributed by atoms with Gasteiger partial charge in [0.2, 0.25) is 0 Å². The van der Waals surface area contributed by atoms with E-state index in [-0.39, 0.29) is 11.7 Å². The molecule has 0 aliphatic rings. The second-order valence-corrected chi connectivity index (χ2v) is 5.22. The fourth-order valence-electron chi connectivity index (χ4n) is 2.45. The van der Waals surface area contributed by atoms with Gasteiger partial charge in [-0.15, -0.1) is 10.2 Å². The molecule has 4 aromatic rings. The van der Waals surface area contributed by atoms with Crippen molar-refractivity contribution >= 4 is 17.2 Å². The number of halogens is 1. The number of nitrogens with zero attached hydrogens (tertiary/aromatic N) is 4. The molecule has 0 saturated carbocycles. The molecule has 0 aliphatic heterocycles. The van der Waals surface area contributed by atoms with Crippen LogP contribution in [0.5, 0.6) is 0 Å². The Bertz CT molecular complexity index is 1020. The zero-order valence-electron chi connectivity index (χ0n) is 12.4. The maximum atomic E-state index is 14.0. The van der Waals surface area contributed by atoms with E-state index >= 15 is 0 Å². The molecule has 6 nitrogen and oxygen atoms in total. The molecule has 1 N–H and O–H groups in total. The Labute approximate surface area is 136 Å².